The highest BCUT2D eigenvalue weighted by Gasteiger charge is 2.26. The highest BCUT2D eigenvalue weighted by molar-refractivity contribution is 5.98. The molecule has 0 radical (unpaired) electrons. The molecule has 1 aliphatic rings. The van der Waals surface area contributed by atoms with Crippen LogP contribution in [-0.4, -0.2) is 57.8 Å². The van der Waals surface area contributed by atoms with E-state index in [0.29, 0.717) is 42.9 Å². The number of carbonyl (C=O) groups excluding carboxylic acids is 2. The normalized spacial score (nSPS) is 14.6. The summed E-state index contributed by atoms with van der Waals surface area (Å²) >= 11 is 0. The second-order valence-corrected chi connectivity index (χ2v) is 6.68. The van der Waals surface area contributed by atoms with E-state index in [2.05, 4.69) is 9.97 Å². The molecule has 1 saturated heterocycles. The van der Waals surface area contributed by atoms with Crippen molar-refractivity contribution in [2.75, 3.05) is 26.2 Å². The summed E-state index contributed by atoms with van der Waals surface area (Å²) in [6.07, 6.45) is 1.60. The molecule has 4 rings (SSSR count). The number of hydrogen-bond donors (Lipinski definition) is 1. The fourth-order valence-electron chi connectivity index (χ4n) is 3.32. The Morgan fingerprint density at radius 2 is 1.56 bits per heavy atom. The molecule has 1 fully saturated rings. The Morgan fingerprint density at radius 1 is 0.963 bits per heavy atom. The van der Waals surface area contributed by atoms with Crippen LogP contribution >= 0.6 is 0 Å². The Kier molecular flexibility index (Phi) is 4.35. The van der Waals surface area contributed by atoms with E-state index in [4.69, 9.17) is 0 Å². The van der Waals surface area contributed by atoms with Crippen molar-refractivity contribution in [3.05, 3.63) is 65.2 Å². The van der Waals surface area contributed by atoms with E-state index < -0.39 is 0 Å². The summed E-state index contributed by atoms with van der Waals surface area (Å²) in [5.41, 5.74) is 3.15. The molecule has 27 heavy (non-hydrogen) atoms. The Bertz CT molecular complexity index is 1020. The first-order valence-electron chi connectivity index (χ1n) is 8.81. The highest BCUT2D eigenvalue weighted by Crippen LogP contribution is 2.16. The second kappa shape index (κ2) is 6.83. The lowest BCUT2D eigenvalue weighted by molar-refractivity contribution is 0.0535. The minimum Gasteiger partial charge on any atom is -0.345 e. The van der Waals surface area contributed by atoms with Crippen LogP contribution in [0.25, 0.3) is 11.0 Å². The standard InChI is InChI=1S/C20H19FN4O2/c1-13-10-14(2-4-16(13)21)19(26)24-6-8-25(9-7-24)20(27)15-3-5-17-18(11-15)23-12-22-17/h2-5,10-12H,6-9H2,1H3,(H,22,23). The Morgan fingerprint density at radius 3 is 2.19 bits per heavy atom. The lowest BCUT2D eigenvalue weighted by Gasteiger charge is -2.35. The molecular weight excluding hydrogens is 347 g/mol. The number of amides is 2. The number of nitrogens with zero attached hydrogens (tertiary/aromatic N) is 3. The minimum absolute atomic E-state index is 0.0591. The van der Waals surface area contributed by atoms with Crippen LogP contribution in [0.2, 0.25) is 0 Å². The van der Waals surface area contributed by atoms with Gasteiger partial charge in [-0.05, 0) is 48.9 Å². The van der Waals surface area contributed by atoms with Gasteiger partial charge in [-0.2, -0.15) is 0 Å². The summed E-state index contributed by atoms with van der Waals surface area (Å²) in [6, 6.07) is 9.76. The molecule has 0 aliphatic carbocycles. The Hall–Kier alpha value is -3.22. The first-order valence-corrected chi connectivity index (χ1v) is 8.81. The quantitative estimate of drug-likeness (QED) is 0.758. The number of rotatable bonds is 2. The molecule has 0 saturated carbocycles. The average molecular weight is 366 g/mol. The van der Waals surface area contributed by atoms with Gasteiger partial charge in [-0.15, -0.1) is 0 Å². The van der Waals surface area contributed by atoms with Crippen molar-refractivity contribution in [1.82, 2.24) is 19.8 Å². The minimum atomic E-state index is -0.323. The van der Waals surface area contributed by atoms with Crippen molar-refractivity contribution in [2.24, 2.45) is 0 Å². The van der Waals surface area contributed by atoms with Crippen LogP contribution in [-0.2, 0) is 0 Å². The van der Waals surface area contributed by atoms with E-state index in [1.165, 1.54) is 12.1 Å². The zero-order valence-electron chi connectivity index (χ0n) is 14.9. The summed E-state index contributed by atoms with van der Waals surface area (Å²) < 4.78 is 13.4. The number of nitrogens with one attached hydrogen (secondary N) is 1. The maximum absolute atomic E-state index is 13.4. The van der Waals surface area contributed by atoms with Crippen molar-refractivity contribution in [2.45, 2.75) is 6.92 Å². The van der Waals surface area contributed by atoms with Crippen molar-refractivity contribution in [3.8, 4) is 0 Å². The molecule has 3 aromatic rings. The smallest absolute Gasteiger partial charge is 0.254 e. The molecule has 0 bridgehead atoms. The summed E-state index contributed by atoms with van der Waals surface area (Å²) in [5, 5.41) is 0. The zero-order chi connectivity index (χ0) is 19.0. The number of aromatic amines is 1. The number of aryl methyl sites for hydroxylation is 1. The third-order valence-electron chi connectivity index (χ3n) is 4.93. The van der Waals surface area contributed by atoms with Gasteiger partial charge in [0.05, 0.1) is 17.4 Å². The predicted molar refractivity (Wildman–Crippen MR) is 99.0 cm³/mol. The molecular formula is C20H19FN4O2. The number of fused-ring (bicyclic) bond motifs is 1. The van der Waals surface area contributed by atoms with Gasteiger partial charge in [0.1, 0.15) is 5.82 Å². The molecule has 2 aromatic carbocycles. The maximum Gasteiger partial charge on any atom is 0.254 e. The van der Waals surface area contributed by atoms with Gasteiger partial charge in [0, 0.05) is 37.3 Å². The summed E-state index contributed by atoms with van der Waals surface area (Å²) in [7, 11) is 0. The molecule has 0 spiro atoms. The largest absolute Gasteiger partial charge is 0.345 e. The molecule has 1 aliphatic heterocycles. The average Bonchev–Trinajstić information content (AvgIpc) is 3.17. The number of carbonyl (C=O) groups is 2. The van der Waals surface area contributed by atoms with Crippen LogP contribution in [0.5, 0.6) is 0 Å². The van der Waals surface area contributed by atoms with Crippen molar-refractivity contribution < 1.29 is 14.0 Å². The number of aromatic nitrogens is 2. The van der Waals surface area contributed by atoms with Crippen molar-refractivity contribution >= 4 is 22.8 Å². The Labute approximate surface area is 155 Å². The van der Waals surface area contributed by atoms with Gasteiger partial charge in [-0.3, -0.25) is 9.59 Å². The summed E-state index contributed by atoms with van der Waals surface area (Å²) in [5.74, 6) is -0.517. The molecule has 0 atom stereocenters. The van der Waals surface area contributed by atoms with Gasteiger partial charge in [-0.25, -0.2) is 9.37 Å². The number of imidazole rings is 1. The fraction of sp³-hybridized carbons (Fsp3) is 0.250. The topological polar surface area (TPSA) is 69.3 Å². The van der Waals surface area contributed by atoms with E-state index >= 15 is 0 Å². The van der Waals surface area contributed by atoms with E-state index in [9.17, 15) is 14.0 Å². The van der Waals surface area contributed by atoms with E-state index in [0.717, 1.165) is 11.0 Å². The molecule has 0 unspecified atom stereocenters. The number of H-pyrrole nitrogens is 1. The molecule has 2 heterocycles. The summed E-state index contributed by atoms with van der Waals surface area (Å²) in [6.45, 7) is 3.47. The lowest BCUT2D eigenvalue weighted by Crippen LogP contribution is -2.50. The fourth-order valence-corrected chi connectivity index (χ4v) is 3.32. The summed E-state index contributed by atoms with van der Waals surface area (Å²) in [4.78, 5) is 36.0. The third-order valence-corrected chi connectivity index (χ3v) is 4.93. The van der Waals surface area contributed by atoms with Crippen LogP contribution < -0.4 is 0 Å². The zero-order valence-corrected chi connectivity index (χ0v) is 14.9. The van der Waals surface area contributed by atoms with Crippen LogP contribution in [0.1, 0.15) is 26.3 Å². The van der Waals surface area contributed by atoms with Crippen LogP contribution in [0, 0.1) is 12.7 Å². The van der Waals surface area contributed by atoms with Gasteiger partial charge in [0.15, 0.2) is 0 Å². The molecule has 138 valence electrons. The number of halogens is 1. The lowest BCUT2D eigenvalue weighted by atomic mass is 10.1. The van der Waals surface area contributed by atoms with Gasteiger partial charge >= 0.3 is 0 Å². The van der Waals surface area contributed by atoms with Gasteiger partial charge in [0.25, 0.3) is 11.8 Å². The van der Waals surface area contributed by atoms with Crippen molar-refractivity contribution in [3.63, 3.8) is 0 Å². The Balaban J connectivity index is 1.42. The van der Waals surface area contributed by atoms with Gasteiger partial charge < -0.3 is 14.8 Å². The van der Waals surface area contributed by atoms with E-state index in [1.54, 1.807) is 41.2 Å². The van der Waals surface area contributed by atoms with E-state index in [-0.39, 0.29) is 17.6 Å². The van der Waals surface area contributed by atoms with Gasteiger partial charge in [0.2, 0.25) is 0 Å². The molecule has 2 amide bonds. The van der Waals surface area contributed by atoms with Crippen LogP contribution in [0.3, 0.4) is 0 Å². The number of benzene rings is 2. The first-order chi connectivity index (χ1) is 13.0. The van der Waals surface area contributed by atoms with Crippen molar-refractivity contribution in [1.29, 1.82) is 0 Å². The molecule has 6 nitrogen and oxygen atoms in total. The first kappa shape index (κ1) is 17.2. The van der Waals surface area contributed by atoms with Crippen LogP contribution in [0.4, 0.5) is 4.39 Å². The molecule has 1 aromatic heterocycles. The number of piperazine rings is 1. The maximum atomic E-state index is 13.4. The van der Waals surface area contributed by atoms with Gasteiger partial charge in [-0.1, -0.05) is 0 Å². The van der Waals surface area contributed by atoms with Crippen LogP contribution in [0.15, 0.2) is 42.7 Å². The SMILES string of the molecule is Cc1cc(C(=O)N2CCN(C(=O)c3ccc4nc[nH]c4c3)CC2)ccc1F. The monoisotopic (exact) mass is 366 g/mol. The third kappa shape index (κ3) is 3.28. The predicted octanol–water partition coefficient (Wildman–Crippen LogP) is 2.61. The van der Waals surface area contributed by atoms with E-state index in [1.807, 2.05) is 6.07 Å². The molecule has 7 heteroatoms. The highest BCUT2D eigenvalue weighted by atomic mass is 19.1. The molecule has 1 N–H and O–H groups in total. The second-order valence-electron chi connectivity index (χ2n) is 6.68. The number of hydrogen-bond acceptors (Lipinski definition) is 3.